The van der Waals surface area contributed by atoms with E-state index in [2.05, 4.69) is 36.3 Å². The summed E-state index contributed by atoms with van der Waals surface area (Å²) in [6.07, 6.45) is 4.55. The molecule has 0 aliphatic carbocycles. The fraction of sp³-hybridized carbons (Fsp3) is 0.933. The number of likely N-dealkylation sites (tertiary alicyclic amines) is 1. The normalized spacial score (nSPS) is 32.7. The van der Waals surface area contributed by atoms with Gasteiger partial charge < -0.3 is 15.5 Å². The monoisotopic (exact) mass is 267 g/mol. The highest BCUT2D eigenvalue weighted by Crippen LogP contribution is 2.18. The maximum Gasteiger partial charge on any atom is 0.237 e. The first kappa shape index (κ1) is 14.8. The van der Waals surface area contributed by atoms with Gasteiger partial charge in [-0.25, -0.2) is 0 Å². The van der Waals surface area contributed by atoms with Crippen molar-refractivity contribution in [2.75, 3.05) is 19.6 Å². The van der Waals surface area contributed by atoms with E-state index < -0.39 is 0 Å². The van der Waals surface area contributed by atoms with Gasteiger partial charge in [-0.3, -0.25) is 4.79 Å². The Morgan fingerprint density at radius 2 is 2.16 bits per heavy atom. The highest BCUT2D eigenvalue weighted by molar-refractivity contribution is 5.81. The van der Waals surface area contributed by atoms with Crippen LogP contribution in [0, 0.1) is 5.92 Å². The smallest absolute Gasteiger partial charge is 0.237 e. The van der Waals surface area contributed by atoms with Crippen molar-refractivity contribution in [2.45, 2.75) is 64.6 Å². The van der Waals surface area contributed by atoms with E-state index in [1.54, 1.807) is 0 Å². The van der Waals surface area contributed by atoms with Crippen LogP contribution in [0.3, 0.4) is 0 Å². The van der Waals surface area contributed by atoms with E-state index in [4.69, 9.17) is 0 Å². The maximum atomic E-state index is 12.1. The molecule has 0 radical (unpaired) electrons. The van der Waals surface area contributed by atoms with Crippen LogP contribution in [0.15, 0.2) is 0 Å². The Morgan fingerprint density at radius 1 is 1.37 bits per heavy atom. The van der Waals surface area contributed by atoms with Gasteiger partial charge in [0.2, 0.25) is 5.91 Å². The quantitative estimate of drug-likeness (QED) is 0.808. The minimum atomic E-state index is 0.0337. The van der Waals surface area contributed by atoms with Gasteiger partial charge >= 0.3 is 0 Å². The van der Waals surface area contributed by atoms with Crippen LogP contribution < -0.4 is 10.6 Å². The van der Waals surface area contributed by atoms with Crippen LogP contribution in [-0.2, 0) is 4.79 Å². The van der Waals surface area contributed by atoms with Gasteiger partial charge in [-0.1, -0.05) is 0 Å². The number of nitrogens with zero attached hydrogens (tertiary/aromatic N) is 1. The molecule has 0 aromatic heterocycles. The molecule has 0 aromatic carbocycles. The first-order valence-electron chi connectivity index (χ1n) is 7.84. The first-order chi connectivity index (χ1) is 9.06. The van der Waals surface area contributed by atoms with E-state index in [0.29, 0.717) is 18.0 Å². The summed E-state index contributed by atoms with van der Waals surface area (Å²) < 4.78 is 0. The number of nitrogens with one attached hydrogen (secondary N) is 2. The van der Waals surface area contributed by atoms with Crippen molar-refractivity contribution in [3.05, 3.63) is 0 Å². The van der Waals surface area contributed by atoms with Gasteiger partial charge in [0, 0.05) is 25.2 Å². The molecule has 3 atom stereocenters. The molecule has 1 amide bonds. The maximum absolute atomic E-state index is 12.1. The molecule has 110 valence electrons. The van der Waals surface area contributed by atoms with Crippen LogP contribution in [0.2, 0.25) is 0 Å². The molecule has 2 rings (SSSR count). The molecule has 0 aromatic rings. The van der Waals surface area contributed by atoms with Crippen molar-refractivity contribution in [2.24, 2.45) is 5.92 Å². The summed E-state index contributed by atoms with van der Waals surface area (Å²) in [5, 5.41) is 6.54. The summed E-state index contributed by atoms with van der Waals surface area (Å²) in [5.41, 5.74) is 0. The van der Waals surface area contributed by atoms with Crippen LogP contribution in [0.4, 0.5) is 0 Å². The van der Waals surface area contributed by atoms with Crippen LogP contribution >= 0.6 is 0 Å². The van der Waals surface area contributed by atoms with Crippen molar-refractivity contribution in [1.82, 2.24) is 15.5 Å². The summed E-state index contributed by atoms with van der Waals surface area (Å²) in [5.74, 6) is 0.835. The molecular weight excluding hydrogens is 238 g/mol. The zero-order chi connectivity index (χ0) is 13.8. The number of hydrogen-bond acceptors (Lipinski definition) is 3. The van der Waals surface area contributed by atoms with Gasteiger partial charge in [0.25, 0.3) is 0 Å². The molecule has 0 saturated carbocycles. The number of rotatable bonds is 4. The zero-order valence-corrected chi connectivity index (χ0v) is 12.6. The Balaban J connectivity index is 1.69. The molecule has 4 heteroatoms. The highest BCUT2D eigenvalue weighted by atomic mass is 16.2. The lowest BCUT2D eigenvalue weighted by Crippen LogP contribution is -2.50. The van der Waals surface area contributed by atoms with Crippen molar-refractivity contribution in [3.8, 4) is 0 Å². The third kappa shape index (κ3) is 4.18. The van der Waals surface area contributed by atoms with Gasteiger partial charge in [0.05, 0.1) is 6.04 Å². The minimum Gasteiger partial charge on any atom is -0.354 e. The summed E-state index contributed by atoms with van der Waals surface area (Å²) in [6, 6.07) is 1.14. The molecule has 0 spiro atoms. The SMILES string of the molecule is CC1CCCC(C(=O)NCC2CCN(C(C)C)C2)N1. The fourth-order valence-electron chi connectivity index (χ4n) is 3.21. The van der Waals surface area contributed by atoms with Crippen LogP contribution in [0.25, 0.3) is 0 Å². The Morgan fingerprint density at radius 3 is 2.79 bits per heavy atom. The fourth-order valence-corrected chi connectivity index (χ4v) is 3.21. The molecule has 0 bridgehead atoms. The summed E-state index contributed by atoms with van der Waals surface area (Å²) >= 11 is 0. The van der Waals surface area contributed by atoms with E-state index >= 15 is 0 Å². The standard InChI is InChI=1S/C15H29N3O/c1-11(2)18-8-7-13(10-18)9-16-15(19)14-6-4-5-12(3)17-14/h11-14,17H,4-10H2,1-3H3,(H,16,19). The van der Waals surface area contributed by atoms with Gasteiger partial charge in [-0.2, -0.15) is 0 Å². The van der Waals surface area contributed by atoms with Crippen LogP contribution in [0.5, 0.6) is 0 Å². The Hall–Kier alpha value is -0.610. The minimum absolute atomic E-state index is 0.0337. The van der Waals surface area contributed by atoms with Crippen molar-refractivity contribution >= 4 is 5.91 Å². The van der Waals surface area contributed by atoms with Gasteiger partial charge in [-0.15, -0.1) is 0 Å². The van der Waals surface area contributed by atoms with Crippen molar-refractivity contribution < 1.29 is 4.79 Å². The number of piperidine rings is 1. The van der Waals surface area contributed by atoms with Crippen LogP contribution in [-0.4, -0.2) is 48.6 Å². The van der Waals surface area contributed by atoms with Gasteiger partial charge in [0.15, 0.2) is 0 Å². The van der Waals surface area contributed by atoms with E-state index in [9.17, 15) is 4.79 Å². The van der Waals surface area contributed by atoms with Gasteiger partial charge in [0.1, 0.15) is 0 Å². The molecule has 2 heterocycles. The van der Waals surface area contributed by atoms with Crippen molar-refractivity contribution in [1.29, 1.82) is 0 Å². The molecule has 2 fully saturated rings. The third-order valence-corrected chi connectivity index (χ3v) is 4.54. The molecule has 2 aliphatic rings. The average Bonchev–Trinajstić information content (AvgIpc) is 2.85. The number of carbonyl (C=O) groups is 1. The third-order valence-electron chi connectivity index (χ3n) is 4.54. The molecule has 2 saturated heterocycles. The molecule has 3 unspecified atom stereocenters. The van der Waals surface area contributed by atoms with Gasteiger partial charge in [-0.05, 0) is 58.9 Å². The second-order valence-electron chi connectivity index (χ2n) is 6.54. The first-order valence-corrected chi connectivity index (χ1v) is 7.84. The van der Waals surface area contributed by atoms with E-state index in [1.165, 1.54) is 19.4 Å². The second-order valence-corrected chi connectivity index (χ2v) is 6.54. The highest BCUT2D eigenvalue weighted by Gasteiger charge is 2.27. The van der Waals surface area contributed by atoms with Crippen molar-refractivity contribution in [3.63, 3.8) is 0 Å². The molecular formula is C15H29N3O. The predicted molar refractivity (Wildman–Crippen MR) is 78.1 cm³/mol. The summed E-state index contributed by atoms with van der Waals surface area (Å²) in [6.45, 7) is 9.80. The Bertz CT molecular complexity index is 306. The molecule has 2 N–H and O–H groups in total. The summed E-state index contributed by atoms with van der Waals surface area (Å²) in [7, 11) is 0. The summed E-state index contributed by atoms with van der Waals surface area (Å²) in [4.78, 5) is 14.6. The molecule has 2 aliphatic heterocycles. The molecule has 19 heavy (non-hydrogen) atoms. The van der Waals surface area contributed by atoms with E-state index in [1.807, 2.05) is 0 Å². The molecule has 4 nitrogen and oxygen atoms in total. The topological polar surface area (TPSA) is 44.4 Å². The number of hydrogen-bond donors (Lipinski definition) is 2. The predicted octanol–water partition coefficient (Wildman–Crippen LogP) is 1.36. The average molecular weight is 267 g/mol. The lowest BCUT2D eigenvalue weighted by Gasteiger charge is -2.28. The zero-order valence-electron chi connectivity index (χ0n) is 12.6. The van der Waals surface area contributed by atoms with E-state index in [0.717, 1.165) is 25.9 Å². The lowest BCUT2D eigenvalue weighted by molar-refractivity contribution is -0.124. The Kier molecular flexibility index (Phi) is 5.22. The second kappa shape index (κ2) is 6.71. The Labute approximate surface area is 117 Å². The van der Waals surface area contributed by atoms with Crippen LogP contribution in [0.1, 0.15) is 46.5 Å². The lowest BCUT2D eigenvalue weighted by atomic mass is 9.99. The van der Waals surface area contributed by atoms with E-state index in [-0.39, 0.29) is 11.9 Å². The number of carbonyl (C=O) groups excluding carboxylic acids is 1. The number of amides is 1. The largest absolute Gasteiger partial charge is 0.354 e.